The Hall–Kier alpha value is -3.82. The molecule has 0 atom stereocenters. The first kappa shape index (κ1) is 22.4. The van der Waals surface area contributed by atoms with E-state index in [1.807, 2.05) is 60.7 Å². The topological polar surface area (TPSA) is 96.8 Å². The highest BCUT2D eigenvalue weighted by molar-refractivity contribution is 5.76. The third-order valence-electron chi connectivity index (χ3n) is 5.95. The molecule has 10 heteroatoms. The Bertz CT molecular complexity index is 1210. The largest absolute Gasteiger partial charge is 0.353 e. The summed E-state index contributed by atoms with van der Waals surface area (Å²) in [5.74, 6) is 1.70. The number of hydrogen-bond acceptors (Lipinski definition) is 7. The lowest BCUT2D eigenvalue weighted by atomic mass is 10.1. The maximum Gasteiger partial charge on any atom is 0.223 e. The fraction of sp³-hybridized carbons (Fsp3) is 0.391. The Morgan fingerprint density at radius 1 is 1.15 bits per heavy atom. The molecular weight excluding hydrogens is 418 g/mol. The molecule has 0 unspecified atom stereocenters. The van der Waals surface area contributed by atoms with Crippen LogP contribution in [-0.2, 0) is 11.2 Å². The van der Waals surface area contributed by atoms with Crippen molar-refractivity contribution in [2.24, 2.45) is 4.99 Å². The van der Waals surface area contributed by atoms with Crippen LogP contribution in [0, 0.1) is 13.8 Å². The highest BCUT2D eigenvalue weighted by atomic mass is 16.2. The SMILES string of the molecule is C=N/C(=C\C=C/C)N1CCN(C(=O)CCc2c(C)nn(-c3ccc4nncn4n3)c2C)CC1. The van der Waals surface area contributed by atoms with Gasteiger partial charge in [-0.05, 0) is 57.7 Å². The minimum atomic E-state index is 0.163. The molecule has 0 spiro atoms. The van der Waals surface area contributed by atoms with E-state index in [0.29, 0.717) is 37.4 Å². The number of nitrogens with zero attached hydrogens (tertiary/aromatic N) is 9. The lowest BCUT2D eigenvalue weighted by molar-refractivity contribution is -0.132. The molecule has 4 rings (SSSR count). The second kappa shape index (κ2) is 9.76. The number of carbonyl (C=O) groups excluding carboxylic acids is 1. The fourth-order valence-electron chi connectivity index (χ4n) is 4.11. The summed E-state index contributed by atoms with van der Waals surface area (Å²) in [6.45, 7) is 12.5. The van der Waals surface area contributed by atoms with Gasteiger partial charge in [0.2, 0.25) is 5.91 Å². The van der Waals surface area contributed by atoms with Crippen LogP contribution >= 0.6 is 0 Å². The van der Waals surface area contributed by atoms with Crippen LogP contribution in [0.25, 0.3) is 11.5 Å². The van der Waals surface area contributed by atoms with Crippen molar-refractivity contribution in [3.8, 4) is 5.82 Å². The van der Waals surface area contributed by atoms with Crippen molar-refractivity contribution < 1.29 is 4.79 Å². The van der Waals surface area contributed by atoms with Crippen LogP contribution in [0.5, 0.6) is 0 Å². The highest BCUT2D eigenvalue weighted by Gasteiger charge is 2.23. The minimum Gasteiger partial charge on any atom is -0.353 e. The average molecular weight is 448 g/mol. The van der Waals surface area contributed by atoms with Gasteiger partial charge in [-0.25, -0.2) is 9.67 Å². The maximum atomic E-state index is 12.9. The summed E-state index contributed by atoms with van der Waals surface area (Å²) >= 11 is 0. The zero-order valence-electron chi connectivity index (χ0n) is 19.3. The van der Waals surface area contributed by atoms with E-state index in [4.69, 9.17) is 0 Å². The third kappa shape index (κ3) is 4.69. The van der Waals surface area contributed by atoms with E-state index in [-0.39, 0.29) is 5.91 Å². The molecule has 1 aliphatic heterocycles. The monoisotopic (exact) mass is 447 g/mol. The lowest BCUT2D eigenvalue weighted by Crippen LogP contribution is -2.48. The van der Waals surface area contributed by atoms with Crippen molar-refractivity contribution in [3.63, 3.8) is 0 Å². The van der Waals surface area contributed by atoms with E-state index in [9.17, 15) is 4.79 Å². The second-order valence-corrected chi connectivity index (χ2v) is 7.96. The van der Waals surface area contributed by atoms with Crippen molar-refractivity contribution in [2.75, 3.05) is 26.2 Å². The summed E-state index contributed by atoms with van der Waals surface area (Å²) in [5, 5.41) is 17.0. The number of carbonyl (C=O) groups is 1. The number of fused-ring (bicyclic) bond motifs is 1. The first-order valence-electron chi connectivity index (χ1n) is 11.1. The number of piperazine rings is 1. The molecule has 33 heavy (non-hydrogen) atoms. The molecule has 10 nitrogen and oxygen atoms in total. The first-order valence-corrected chi connectivity index (χ1v) is 11.1. The normalized spacial score (nSPS) is 15.1. The van der Waals surface area contributed by atoms with Gasteiger partial charge in [0.15, 0.2) is 11.5 Å². The Labute approximate surface area is 192 Å². The number of amides is 1. The molecule has 1 aliphatic rings. The molecule has 4 heterocycles. The highest BCUT2D eigenvalue weighted by Crippen LogP contribution is 2.20. The third-order valence-corrected chi connectivity index (χ3v) is 5.95. The smallest absolute Gasteiger partial charge is 0.223 e. The molecule has 0 aromatic carbocycles. The second-order valence-electron chi connectivity index (χ2n) is 7.96. The quantitative estimate of drug-likeness (QED) is 0.407. The molecular formula is C23H29N9O. The molecule has 1 amide bonds. The zero-order chi connectivity index (χ0) is 23.4. The fourth-order valence-corrected chi connectivity index (χ4v) is 4.11. The number of allylic oxidation sites excluding steroid dienone is 3. The first-order chi connectivity index (χ1) is 16.0. The van der Waals surface area contributed by atoms with Gasteiger partial charge in [-0.1, -0.05) is 12.2 Å². The van der Waals surface area contributed by atoms with Crippen LogP contribution in [0.3, 0.4) is 0 Å². The van der Waals surface area contributed by atoms with Gasteiger partial charge in [-0.3, -0.25) is 4.79 Å². The summed E-state index contributed by atoms with van der Waals surface area (Å²) in [7, 11) is 0. The van der Waals surface area contributed by atoms with Crippen LogP contribution < -0.4 is 0 Å². The van der Waals surface area contributed by atoms with Gasteiger partial charge in [0, 0.05) is 38.3 Å². The van der Waals surface area contributed by atoms with E-state index in [2.05, 4.69) is 37.0 Å². The Kier molecular flexibility index (Phi) is 6.62. The molecule has 3 aromatic rings. The van der Waals surface area contributed by atoms with E-state index in [1.54, 1.807) is 10.8 Å². The zero-order valence-corrected chi connectivity index (χ0v) is 19.3. The summed E-state index contributed by atoms with van der Waals surface area (Å²) < 4.78 is 3.43. The van der Waals surface area contributed by atoms with Crippen molar-refractivity contribution in [1.82, 2.24) is 39.4 Å². The van der Waals surface area contributed by atoms with Gasteiger partial charge in [-0.2, -0.15) is 9.61 Å². The number of aryl methyl sites for hydroxylation is 1. The van der Waals surface area contributed by atoms with Gasteiger partial charge in [-0.15, -0.1) is 15.3 Å². The van der Waals surface area contributed by atoms with E-state index < -0.39 is 0 Å². The van der Waals surface area contributed by atoms with Crippen LogP contribution in [0.4, 0.5) is 0 Å². The predicted molar refractivity (Wildman–Crippen MR) is 126 cm³/mol. The summed E-state index contributed by atoms with van der Waals surface area (Å²) in [5.41, 5.74) is 3.66. The van der Waals surface area contributed by atoms with Crippen LogP contribution in [0.2, 0.25) is 0 Å². The van der Waals surface area contributed by atoms with Gasteiger partial charge >= 0.3 is 0 Å². The number of aromatic nitrogens is 6. The standard InChI is InChI=1S/C23H29N9O/c1-5-6-7-20(24-4)29-12-14-30(15-13-29)23(33)11-8-19-17(2)27-32(18(19)3)22-10-9-21-26-25-16-31(21)28-22/h5-7,9-10,16H,4,8,11-15H2,1-3H3/b6-5-,20-7+. The molecule has 0 radical (unpaired) electrons. The van der Waals surface area contributed by atoms with Crippen molar-refractivity contribution in [3.05, 3.63) is 59.5 Å². The Morgan fingerprint density at radius 2 is 1.91 bits per heavy atom. The summed E-state index contributed by atoms with van der Waals surface area (Å²) in [4.78, 5) is 21.1. The van der Waals surface area contributed by atoms with Crippen molar-refractivity contribution in [1.29, 1.82) is 0 Å². The van der Waals surface area contributed by atoms with E-state index >= 15 is 0 Å². The molecule has 3 aromatic heterocycles. The van der Waals surface area contributed by atoms with Crippen molar-refractivity contribution in [2.45, 2.75) is 33.6 Å². The molecule has 1 saturated heterocycles. The van der Waals surface area contributed by atoms with Gasteiger partial charge < -0.3 is 9.80 Å². The van der Waals surface area contributed by atoms with Gasteiger partial charge in [0.1, 0.15) is 12.1 Å². The molecule has 1 fully saturated rings. The number of rotatable bonds is 7. The van der Waals surface area contributed by atoms with Crippen LogP contribution in [-0.4, -0.2) is 78.2 Å². The summed E-state index contributed by atoms with van der Waals surface area (Å²) in [6, 6.07) is 3.73. The van der Waals surface area contributed by atoms with Gasteiger partial charge in [0.05, 0.1) is 5.69 Å². The van der Waals surface area contributed by atoms with Crippen LogP contribution in [0.1, 0.15) is 30.3 Å². The van der Waals surface area contributed by atoms with E-state index in [0.717, 1.165) is 35.9 Å². The lowest BCUT2D eigenvalue weighted by Gasteiger charge is -2.36. The maximum absolute atomic E-state index is 12.9. The number of aliphatic imine (C=N–C) groups is 1. The van der Waals surface area contributed by atoms with Gasteiger partial charge in [0.25, 0.3) is 0 Å². The van der Waals surface area contributed by atoms with Crippen LogP contribution in [0.15, 0.2) is 47.5 Å². The molecule has 172 valence electrons. The number of hydrogen-bond donors (Lipinski definition) is 0. The molecule has 0 bridgehead atoms. The average Bonchev–Trinajstić information content (AvgIpc) is 3.41. The molecule has 0 N–H and O–H groups in total. The Balaban J connectivity index is 1.38. The van der Waals surface area contributed by atoms with E-state index in [1.165, 1.54) is 0 Å². The minimum absolute atomic E-state index is 0.163. The molecule has 0 aliphatic carbocycles. The summed E-state index contributed by atoms with van der Waals surface area (Å²) in [6.07, 6.45) is 8.52. The Morgan fingerprint density at radius 3 is 2.64 bits per heavy atom. The molecule has 0 saturated carbocycles. The predicted octanol–water partition coefficient (Wildman–Crippen LogP) is 2.12. The van der Waals surface area contributed by atoms with Crippen molar-refractivity contribution >= 4 is 18.3 Å².